The number of nitrogens with two attached hydrogens (primary N) is 1. The Kier molecular flexibility index (Phi) is 6.95. The summed E-state index contributed by atoms with van der Waals surface area (Å²) < 4.78 is 5.17. The quantitative estimate of drug-likeness (QED) is 0.730. The van der Waals surface area contributed by atoms with Gasteiger partial charge in [-0.25, -0.2) is 0 Å². The molecule has 1 atom stereocenters. The number of carbonyl (C=O) groups is 2. The Labute approximate surface area is 169 Å². The Morgan fingerprint density at radius 1 is 1.25 bits per heavy atom. The molecule has 0 radical (unpaired) electrons. The third-order valence-electron chi connectivity index (χ3n) is 4.57. The molecule has 0 bridgehead atoms. The van der Waals surface area contributed by atoms with Crippen LogP contribution in [0.4, 0.5) is 5.69 Å². The standard InChI is InChI=1S/C21H25N3O3S/c1-27-17-8-4-7-16(12-17)23-20(25)14-28-19-10-3-2-9-18(19)21(26)24-11-5-6-15(22)13-24/h2-4,7-10,12,15H,5-6,11,13-14,22H2,1H3,(H,23,25). The zero-order chi connectivity index (χ0) is 19.9. The number of benzene rings is 2. The lowest BCUT2D eigenvalue weighted by Crippen LogP contribution is -2.45. The molecule has 1 fully saturated rings. The number of nitrogens with zero attached hydrogens (tertiary/aromatic N) is 1. The number of carbonyl (C=O) groups excluding carboxylic acids is 2. The van der Waals surface area contributed by atoms with Gasteiger partial charge in [0.15, 0.2) is 0 Å². The third-order valence-corrected chi connectivity index (χ3v) is 5.65. The summed E-state index contributed by atoms with van der Waals surface area (Å²) in [6, 6.07) is 14.6. The van der Waals surface area contributed by atoms with Crippen LogP contribution in [0.25, 0.3) is 0 Å². The van der Waals surface area contributed by atoms with Gasteiger partial charge in [-0.2, -0.15) is 0 Å². The van der Waals surface area contributed by atoms with Crippen LogP contribution in [0, 0.1) is 0 Å². The highest BCUT2D eigenvalue weighted by atomic mass is 32.2. The van der Waals surface area contributed by atoms with E-state index in [2.05, 4.69) is 5.32 Å². The Balaban J connectivity index is 1.63. The Hall–Kier alpha value is -2.51. The fourth-order valence-electron chi connectivity index (χ4n) is 3.18. The largest absolute Gasteiger partial charge is 0.497 e. The first kappa shape index (κ1) is 20.2. The number of hydrogen-bond donors (Lipinski definition) is 2. The number of rotatable bonds is 6. The molecule has 1 saturated heterocycles. The van der Waals surface area contributed by atoms with Crippen LogP contribution in [0.3, 0.4) is 0 Å². The molecule has 2 amide bonds. The van der Waals surface area contributed by atoms with Gasteiger partial charge in [-0.1, -0.05) is 18.2 Å². The van der Waals surface area contributed by atoms with Crippen molar-refractivity contribution in [2.45, 2.75) is 23.8 Å². The van der Waals surface area contributed by atoms with E-state index in [9.17, 15) is 9.59 Å². The molecular formula is C21H25N3O3S. The van der Waals surface area contributed by atoms with E-state index in [1.54, 1.807) is 13.2 Å². The van der Waals surface area contributed by atoms with Crippen molar-refractivity contribution in [3.63, 3.8) is 0 Å². The van der Waals surface area contributed by atoms with Gasteiger partial charge < -0.3 is 20.7 Å². The summed E-state index contributed by atoms with van der Waals surface area (Å²) in [6.07, 6.45) is 1.87. The minimum atomic E-state index is -0.138. The molecule has 6 nitrogen and oxygen atoms in total. The predicted molar refractivity (Wildman–Crippen MR) is 112 cm³/mol. The second-order valence-corrected chi connectivity index (χ2v) is 7.74. The van der Waals surface area contributed by atoms with E-state index in [0.29, 0.717) is 23.5 Å². The Bertz CT molecular complexity index is 843. The lowest BCUT2D eigenvalue weighted by atomic mass is 10.1. The van der Waals surface area contributed by atoms with E-state index < -0.39 is 0 Å². The number of anilines is 1. The first-order valence-corrected chi connectivity index (χ1v) is 10.3. The zero-order valence-corrected chi connectivity index (χ0v) is 16.7. The van der Waals surface area contributed by atoms with E-state index in [1.165, 1.54) is 11.8 Å². The van der Waals surface area contributed by atoms with Gasteiger partial charge in [0.25, 0.3) is 5.91 Å². The summed E-state index contributed by atoms with van der Waals surface area (Å²) >= 11 is 1.36. The normalized spacial score (nSPS) is 16.5. The number of piperidine rings is 1. The maximum Gasteiger partial charge on any atom is 0.255 e. The molecule has 2 aromatic rings. The fourth-order valence-corrected chi connectivity index (χ4v) is 4.02. The highest BCUT2D eigenvalue weighted by Crippen LogP contribution is 2.25. The molecule has 1 heterocycles. The minimum Gasteiger partial charge on any atom is -0.497 e. The minimum absolute atomic E-state index is 0.0218. The van der Waals surface area contributed by atoms with Crippen LogP contribution in [-0.4, -0.2) is 48.7 Å². The van der Waals surface area contributed by atoms with Crippen LogP contribution >= 0.6 is 11.8 Å². The summed E-state index contributed by atoms with van der Waals surface area (Å²) in [5.74, 6) is 0.731. The topological polar surface area (TPSA) is 84.7 Å². The molecule has 3 rings (SSSR count). The van der Waals surface area contributed by atoms with Gasteiger partial charge in [-0.15, -0.1) is 11.8 Å². The van der Waals surface area contributed by atoms with Crippen molar-refractivity contribution >= 4 is 29.3 Å². The van der Waals surface area contributed by atoms with Crippen LogP contribution in [-0.2, 0) is 4.79 Å². The second-order valence-electron chi connectivity index (χ2n) is 6.72. The maximum absolute atomic E-state index is 12.9. The zero-order valence-electron chi connectivity index (χ0n) is 15.9. The lowest BCUT2D eigenvalue weighted by Gasteiger charge is -2.31. The molecule has 0 aliphatic carbocycles. The van der Waals surface area contributed by atoms with Crippen molar-refractivity contribution < 1.29 is 14.3 Å². The molecule has 2 aromatic carbocycles. The number of methoxy groups -OCH3 is 1. The van der Waals surface area contributed by atoms with Gasteiger partial charge >= 0.3 is 0 Å². The number of thioether (sulfide) groups is 1. The van der Waals surface area contributed by atoms with Crippen LogP contribution < -0.4 is 15.8 Å². The van der Waals surface area contributed by atoms with Gasteiger partial charge in [-0.3, -0.25) is 9.59 Å². The molecule has 1 unspecified atom stereocenters. The molecule has 0 spiro atoms. The first-order chi connectivity index (χ1) is 13.6. The van der Waals surface area contributed by atoms with Crippen molar-refractivity contribution in [1.82, 2.24) is 4.90 Å². The molecule has 148 valence electrons. The van der Waals surface area contributed by atoms with Gasteiger partial charge in [0.1, 0.15) is 5.75 Å². The van der Waals surface area contributed by atoms with E-state index >= 15 is 0 Å². The summed E-state index contributed by atoms with van der Waals surface area (Å²) in [7, 11) is 1.58. The van der Waals surface area contributed by atoms with E-state index in [1.807, 2.05) is 47.4 Å². The molecule has 3 N–H and O–H groups in total. The average Bonchev–Trinajstić information content (AvgIpc) is 2.72. The maximum atomic E-state index is 12.9. The van der Waals surface area contributed by atoms with Gasteiger partial charge in [0.2, 0.25) is 5.91 Å². The van der Waals surface area contributed by atoms with E-state index in [4.69, 9.17) is 10.5 Å². The van der Waals surface area contributed by atoms with Crippen LogP contribution in [0.15, 0.2) is 53.4 Å². The number of amides is 2. The Morgan fingerprint density at radius 2 is 2.07 bits per heavy atom. The number of ether oxygens (including phenoxy) is 1. The smallest absolute Gasteiger partial charge is 0.255 e. The van der Waals surface area contributed by atoms with Crippen molar-refractivity contribution in [2.75, 3.05) is 31.3 Å². The lowest BCUT2D eigenvalue weighted by molar-refractivity contribution is -0.113. The SMILES string of the molecule is COc1cccc(NC(=O)CSc2ccccc2C(=O)N2CCCC(N)C2)c1. The van der Waals surface area contributed by atoms with Crippen molar-refractivity contribution in [3.05, 3.63) is 54.1 Å². The van der Waals surface area contributed by atoms with E-state index in [-0.39, 0.29) is 23.6 Å². The van der Waals surface area contributed by atoms with Gasteiger partial charge in [-0.05, 0) is 37.1 Å². The van der Waals surface area contributed by atoms with Gasteiger partial charge in [0.05, 0.1) is 18.4 Å². The third kappa shape index (κ3) is 5.27. The first-order valence-electron chi connectivity index (χ1n) is 9.27. The number of nitrogens with one attached hydrogen (secondary N) is 1. The monoisotopic (exact) mass is 399 g/mol. The molecule has 0 aromatic heterocycles. The number of likely N-dealkylation sites (tertiary alicyclic amines) is 1. The molecule has 1 aliphatic rings. The molecular weight excluding hydrogens is 374 g/mol. The van der Waals surface area contributed by atoms with Crippen LogP contribution in [0.1, 0.15) is 23.2 Å². The van der Waals surface area contributed by atoms with Crippen LogP contribution in [0.2, 0.25) is 0 Å². The second kappa shape index (κ2) is 9.61. The summed E-state index contributed by atoms with van der Waals surface area (Å²) in [5.41, 5.74) is 7.31. The van der Waals surface area contributed by atoms with Crippen molar-refractivity contribution in [2.24, 2.45) is 5.73 Å². The predicted octanol–water partition coefficient (Wildman–Crippen LogP) is 2.99. The summed E-state index contributed by atoms with van der Waals surface area (Å²) in [4.78, 5) is 27.8. The highest BCUT2D eigenvalue weighted by Gasteiger charge is 2.24. The average molecular weight is 400 g/mol. The molecule has 0 saturated carbocycles. The van der Waals surface area contributed by atoms with E-state index in [0.717, 1.165) is 24.3 Å². The van der Waals surface area contributed by atoms with Crippen molar-refractivity contribution in [1.29, 1.82) is 0 Å². The van der Waals surface area contributed by atoms with Gasteiger partial charge in [0, 0.05) is 35.8 Å². The molecule has 28 heavy (non-hydrogen) atoms. The highest BCUT2D eigenvalue weighted by molar-refractivity contribution is 8.00. The Morgan fingerprint density at radius 3 is 2.86 bits per heavy atom. The fraction of sp³-hybridized carbons (Fsp3) is 0.333. The van der Waals surface area contributed by atoms with Crippen molar-refractivity contribution in [3.8, 4) is 5.75 Å². The summed E-state index contributed by atoms with van der Waals surface area (Å²) in [6.45, 7) is 1.30. The van der Waals surface area contributed by atoms with Crippen LogP contribution in [0.5, 0.6) is 5.75 Å². The number of hydrogen-bond acceptors (Lipinski definition) is 5. The molecule has 1 aliphatic heterocycles. The molecule has 7 heteroatoms. The summed E-state index contributed by atoms with van der Waals surface area (Å²) in [5, 5.41) is 2.85.